The Hall–Kier alpha value is -1.03. The number of hydrogen-bond acceptors (Lipinski definition) is 1. The Labute approximate surface area is 88.4 Å². The zero-order valence-corrected chi connectivity index (χ0v) is 8.93. The first-order chi connectivity index (χ1) is 6.91. The van der Waals surface area contributed by atoms with Gasteiger partial charge in [-0.1, -0.05) is 37.8 Å². The molecule has 0 rings (SSSR count). The highest BCUT2D eigenvalue weighted by molar-refractivity contribution is 5.26. The van der Waals surface area contributed by atoms with Crippen LogP contribution >= 0.6 is 0 Å². The van der Waals surface area contributed by atoms with E-state index in [1.165, 1.54) is 18.2 Å². The normalized spacial score (nSPS) is 15.7. The molecule has 1 unspecified atom stereocenters. The van der Waals surface area contributed by atoms with Gasteiger partial charge in [-0.3, -0.25) is 0 Å². The Morgan fingerprint density at radius 2 is 2.07 bits per heavy atom. The van der Waals surface area contributed by atoms with Gasteiger partial charge in [0.1, 0.15) is 0 Å². The lowest BCUT2D eigenvalue weighted by molar-refractivity contribution is -0.0886. The van der Waals surface area contributed by atoms with E-state index in [1.807, 2.05) is 0 Å². The van der Waals surface area contributed by atoms with Gasteiger partial charge in [0.2, 0.25) is 0 Å². The zero-order valence-electron chi connectivity index (χ0n) is 8.93. The van der Waals surface area contributed by atoms with Crippen LogP contribution in [0.25, 0.3) is 0 Å². The van der Waals surface area contributed by atoms with Gasteiger partial charge >= 0.3 is 6.18 Å². The van der Waals surface area contributed by atoms with Gasteiger partial charge in [0.25, 0.3) is 0 Å². The minimum absolute atomic E-state index is 0.166. The molecule has 0 aliphatic rings. The number of rotatable bonds is 5. The summed E-state index contributed by atoms with van der Waals surface area (Å²) in [5, 5.41) is 2.82. The van der Waals surface area contributed by atoms with Gasteiger partial charge < -0.3 is 5.32 Å². The van der Waals surface area contributed by atoms with Crippen LogP contribution in [0, 0.1) is 5.92 Å². The smallest absolute Gasteiger partial charge is 0.319 e. The summed E-state index contributed by atoms with van der Waals surface area (Å²) < 4.78 is 37.4. The molecule has 0 aromatic rings. The molecule has 0 spiro atoms. The molecule has 15 heavy (non-hydrogen) atoms. The van der Waals surface area contributed by atoms with Gasteiger partial charge in [-0.25, -0.2) is 0 Å². The first kappa shape index (κ1) is 14.0. The number of alkyl halides is 3. The summed E-state index contributed by atoms with van der Waals surface area (Å²) in [5.41, 5.74) is -0.634. The van der Waals surface area contributed by atoms with Crippen LogP contribution in [-0.4, -0.2) is 19.8 Å². The Morgan fingerprint density at radius 1 is 1.47 bits per heavy atom. The lowest BCUT2D eigenvalue weighted by Gasteiger charge is -2.11. The Kier molecular flexibility index (Phi) is 6.01. The van der Waals surface area contributed by atoms with Crippen LogP contribution in [-0.2, 0) is 0 Å². The molecule has 0 aliphatic heterocycles. The van der Waals surface area contributed by atoms with E-state index in [0.29, 0.717) is 6.54 Å². The number of halogens is 3. The molecular weight excluding hydrogens is 203 g/mol. The van der Waals surface area contributed by atoms with E-state index < -0.39 is 11.7 Å². The van der Waals surface area contributed by atoms with Crippen LogP contribution in [0.2, 0.25) is 0 Å². The van der Waals surface area contributed by atoms with Gasteiger partial charge in [0.15, 0.2) is 0 Å². The fourth-order valence-corrected chi connectivity index (χ4v) is 1.10. The molecular formula is C11H16F3N. The Bertz CT molecular complexity index is 251. The molecule has 0 heterocycles. The highest BCUT2D eigenvalue weighted by atomic mass is 19.4. The average Bonchev–Trinajstić information content (AvgIpc) is 2.10. The molecule has 0 bridgehead atoms. The maximum Gasteiger partial charge on any atom is 0.416 e. The van der Waals surface area contributed by atoms with Crippen LogP contribution in [0.1, 0.15) is 6.92 Å². The van der Waals surface area contributed by atoms with Crippen molar-refractivity contribution in [2.45, 2.75) is 13.1 Å². The van der Waals surface area contributed by atoms with Crippen LogP contribution in [0.3, 0.4) is 0 Å². The standard InChI is InChI=1S/C11H16F3N/c1-4-5-6-10(11(12,13)14)7-9(2)8-15-3/h4-7,9,15H,1,8H2,2-3H3/b6-5-,10-7+. The lowest BCUT2D eigenvalue weighted by Crippen LogP contribution is -2.17. The molecule has 1 nitrogen and oxygen atoms in total. The fourth-order valence-electron chi connectivity index (χ4n) is 1.10. The zero-order chi connectivity index (χ0) is 11.9. The maximum absolute atomic E-state index is 12.5. The summed E-state index contributed by atoms with van der Waals surface area (Å²) in [6.07, 6.45) is 0.533. The van der Waals surface area contributed by atoms with Crippen molar-refractivity contribution in [2.75, 3.05) is 13.6 Å². The third-order valence-corrected chi connectivity index (χ3v) is 1.73. The van der Waals surface area contributed by atoms with E-state index in [2.05, 4.69) is 11.9 Å². The van der Waals surface area contributed by atoms with Crippen molar-refractivity contribution in [3.8, 4) is 0 Å². The summed E-state index contributed by atoms with van der Waals surface area (Å²) in [5.74, 6) is -0.166. The molecule has 0 radical (unpaired) electrons. The van der Waals surface area contributed by atoms with Crippen LogP contribution in [0.15, 0.2) is 36.5 Å². The van der Waals surface area contributed by atoms with Crippen LogP contribution in [0.4, 0.5) is 13.2 Å². The SMILES string of the molecule is C=C/C=C\C(=C/C(C)CNC)C(F)(F)F. The molecule has 0 aliphatic carbocycles. The predicted molar refractivity (Wildman–Crippen MR) is 56.6 cm³/mol. The molecule has 0 aromatic heterocycles. The predicted octanol–water partition coefficient (Wildman–Crippen LogP) is 3.07. The van der Waals surface area contributed by atoms with Crippen LogP contribution < -0.4 is 5.32 Å². The molecule has 0 fully saturated rings. The minimum atomic E-state index is -4.30. The third kappa shape index (κ3) is 6.12. The molecule has 1 N–H and O–H groups in total. The van der Waals surface area contributed by atoms with Crippen molar-refractivity contribution < 1.29 is 13.2 Å². The summed E-state index contributed by atoms with van der Waals surface area (Å²) in [4.78, 5) is 0. The molecule has 0 amide bonds. The topological polar surface area (TPSA) is 12.0 Å². The van der Waals surface area contributed by atoms with Crippen molar-refractivity contribution in [3.63, 3.8) is 0 Å². The molecule has 1 atom stereocenters. The minimum Gasteiger partial charge on any atom is -0.319 e. The second-order valence-electron chi connectivity index (χ2n) is 3.25. The average molecular weight is 219 g/mol. The molecule has 4 heteroatoms. The molecule has 0 saturated heterocycles. The Balaban J connectivity index is 4.77. The number of allylic oxidation sites excluding steroid dienone is 4. The van der Waals surface area contributed by atoms with Gasteiger partial charge in [-0.15, -0.1) is 0 Å². The lowest BCUT2D eigenvalue weighted by atomic mass is 10.1. The molecule has 0 aromatic carbocycles. The summed E-state index contributed by atoms with van der Waals surface area (Å²) in [6.45, 7) is 5.58. The van der Waals surface area contributed by atoms with Crippen molar-refractivity contribution in [3.05, 3.63) is 36.5 Å². The Morgan fingerprint density at radius 3 is 2.47 bits per heavy atom. The first-order valence-corrected chi connectivity index (χ1v) is 4.64. The summed E-state index contributed by atoms with van der Waals surface area (Å²) in [7, 11) is 1.71. The fraction of sp³-hybridized carbons (Fsp3) is 0.455. The van der Waals surface area contributed by atoms with E-state index in [-0.39, 0.29) is 5.92 Å². The highest BCUT2D eigenvalue weighted by Gasteiger charge is 2.31. The second kappa shape index (κ2) is 6.45. The summed E-state index contributed by atoms with van der Waals surface area (Å²) in [6, 6.07) is 0. The largest absolute Gasteiger partial charge is 0.416 e. The monoisotopic (exact) mass is 219 g/mol. The van der Waals surface area contributed by atoms with E-state index in [0.717, 1.165) is 6.08 Å². The van der Waals surface area contributed by atoms with E-state index >= 15 is 0 Å². The first-order valence-electron chi connectivity index (χ1n) is 4.64. The van der Waals surface area contributed by atoms with E-state index in [1.54, 1.807) is 14.0 Å². The van der Waals surface area contributed by atoms with Crippen molar-refractivity contribution in [1.82, 2.24) is 5.32 Å². The third-order valence-electron chi connectivity index (χ3n) is 1.73. The van der Waals surface area contributed by atoms with Crippen molar-refractivity contribution >= 4 is 0 Å². The van der Waals surface area contributed by atoms with Crippen molar-refractivity contribution in [1.29, 1.82) is 0 Å². The van der Waals surface area contributed by atoms with Gasteiger partial charge in [0.05, 0.1) is 5.57 Å². The number of nitrogens with one attached hydrogen (secondary N) is 1. The maximum atomic E-state index is 12.5. The molecule has 0 saturated carbocycles. The van der Waals surface area contributed by atoms with Gasteiger partial charge in [0, 0.05) is 6.54 Å². The van der Waals surface area contributed by atoms with E-state index in [4.69, 9.17) is 0 Å². The highest BCUT2D eigenvalue weighted by Crippen LogP contribution is 2.27. The van der Waals surface area contributed by atoms with Gasteiger partial charge in [-0.2, -0.15) is 13.2 Å². The molecule has 86 valence electrons. The van der Waals surface area contributed by atoms with Crippen molar-refractivity contribution in [2.24, 2.45) is 5.92 Å². The second-order valence-corrected chi connectivity index (χ2v) is 3.25. The summed E-state index contributed by atoms with van der Waals surface area (Å²) >= 11 is 0. The van der Waals surface area contributed by atoms with Gasteiger partial charge in [-0.05, 0) is 13.0 Å². The van der Waals surface area contributed by atoms with Crippen LogP contribution in [0.5, 0.6) is 0 Å². The number of hydrogen-bond donors (Lipinski definition) is 1. The quantitative estimate of drug-likeness (QED) is 0.701. The van der Waals surface area contributed by atoms with E-state index in [9.17, 15) is 13.2 Å².